The molecule has 0 amide bonds. The zero-order valence-corrected chi connectivity index (χ0v) is 10.9. The fourth-order valence-corrected chi connectivity index (χ4v) is 2.31. The molecule has 0 bridgehead atoms. The number of nitrogens with zero attached hydrogens (tertiary/aromatic N) is 1. The number of ether oxygens (including phenoxy) is 2. The maximum Gasteiger partial charge on any atom is 0.123 e. The fourth-order valence-electron chi connectivity index (χ4n) is 2.31. The first-order chi connectivity index (χ1) is 8.19. The summed E-state index contributed by atoms with van der Waals surface area (Å²) < 4.78 is 11.0. The van der Waals surface area contributed by atoms with Gasteiger partial charge < -0.3 is 9.47 Å². The molecule has 0 radical (unpaired) electrons. The average Bonchev–Trinajstić information content (AvgIpc) is 2.29. The molecule has 1 heterocycles. The number of benzene rings is 1. The third kappa shape index (κ3) is 3.20. The number of morpholine rings is 1. The van der Waals surface area contributed by atoms with Crippen LogP contribution in [0.4, 0.5) is 0 Å². The lowest BCUT2D eigenvalue weighted by atomic mass is 10.1. The number of hydrogen-bond donors (Lipinski definition) is 0. The highest BCUT2D eigenvalue weighted by Crippen LogP contribution is 2.22. The number of aryl methyl sites for hydroxylation is 1. The summed E-state index contributed by atoms with van der Waals surface area (Å²) in [6.45, 7) is 8.01. The topological polar surface area (TPSA) is 21.7 Å². The lowest BCUT2D eigenvalue weighted by molar-refractivity contribution is -0.0214. The maximum atomic E-state index is 5.55. The lowest BCUT2D eigenvalue weighted by Gasteiger charge is -2.31. The molecule has 1 atom stereocenters. The molecular weight excluding hydrogens is 214 g/mol. The van der Waals surface area contributed by atoms with E-state index in [1.807, 2.05) is 0 Å². The monoisotopic (exact) mass is 235 g/mol. The van der Waals surface area contributed by atoms with Gasteiger partial charge in [0.15, 0.2) is 0 Å². The van der Waals surface area contributed by atoms with E-state index in [4.69, 9.17) is 9.47 Å². The Balaban J connectivity index is 2.08. The van der Waals surface area contributed by atoms with E-state index in [2.05, 4.69) is 36.9 Å². The lowest BCUT2D eigenvalue weighted by Crippen LogP contribution is -2.40. The SMILES string of the molecule is COc1ccc(C)cc1CN1CCO[C@H](C)C1. The molecular formula is C14H21NO2. The van der Waals surface area contributed by atoms with E-state index < -0.39 is 0 Å². The molecule has 3 nitrogen and oxygen atoms in total. The Morgan fingerprint density at radius 3 is 3.00 bits per heavy atom. The second kappa shape index (κ2) is 5.52. The van der Waals surface area contributed by atoms with Crippen LogP contribution in [-0.4, -0.2) is 37.8 Å². The molecule has 1 saturated heterocycles. The van der Waals surface area contributed by atoms with E-state index in [9.17, 15) is 0 Å². The van der Waals surface area contributed by atoms with Gasteiger partial charge in [-0.25, -0.2) is 0 Å². The minimum atomic E-state index is 0.333. The maximum absolute atomic E-state index is 5.55. The summed E-state index contributed by atoms with van der Waals surface area (Å²) in [5.74, 6) is 0.981. The normalized spacial score (nSPS) is 21.5. The summed E-state index contributed by atoms with van der Waals surface area (Å²) in [7, 11) is 1.73. The van der Waals surface area contributed by atoms with E-state index >= 15 is 0 Å². The number of methoxy groups -OCH3 is 1. The first-order valence-electron chi connectivity index (χ1n) is 6.16. The van der Waals surface area contributed by atoms with Crippen LogP contribution < -0.4 is 4.74 Å². The summed E-state index contributed by atoms with van der Waals surface area (Å²) >= 11 is 0. The number of rotatable bonds is 3. The van der Waals surface area contributed by atoms with Gasteiger partial charge in [0.2, 0.25) is 0 Å². The predicted octanol–water partition coefficient (Wildman–Crippen LogP) is 2.22. The summed E-state index contributed by atoms with van der Waals surface area (Å²) in [4.78, 5) is 2.42. The van der Waals surface area contributed by atoms with Gasteiger partial charge >= 0.3 is 0 Å². The van der Waals surface area contributed by atoms with Crippen LogP contribution >= 0.6 is 0 Å². The molecule has 1 aliphatic rings. The van der Waals surface area contributed by atoms with Gasteiger partial charge in [0.1, 0.15) is 5.75 Å². The van der Waals surface area contributed by atoms with Gasteiger partial charge in [-0.3, -0.25) is 4.90 Å². The van der Waals surface area contributed by atoms with Crippen LogP contribution in [0.5, 0.6) is 5.75 Å². The van der Waals surface area contributed by atoms with Gasteiger partial charge in [0, 0.05) is 25.2 Å². The predicted molar refractivity (Wildman–Crippen MR) is 68.4 cm³/mol. The molecule has 0 unspecified atom stereocenters. The fraction of sp³-hybridized carbons (Fsp3) is 0.571. The highest BCUT2D eigenvalue weighted by Gasteiger charge is 2.17. The third-order valence-corrected chi connectivity index (χ3v) is 3.16. The summed E-state index contributed by atoms with van der Waals surface area (Å²) in [5, 5.41) is 0. The van der Waals surface area contributed by atoms with Crippen molar-refractivity contribution in [2.45, 2.75) is 26.5 Å². The Morgan fingerprint density at radius 2 is 2.29 bits per heavy atom. The van der Waals surface area contributed by atoms with E-state index in [0.717, 1.165) is 32.0 Å². The standard InChI is InChI=1S/C14H21NO2/c1-11-4-5-14(16-3)13(8-11)10-15-6-7-17-12(2)9-15/h4-5,8,12H,6-7,9-10H2,1-3H3/t12-/m1/s1. The highest BCUT2D eigenvalue weighted by molar-refractivity contribution is 5.36. The minimum absolute atomic E-state index is 0.333. The van der Waals surface area contributed by atoms with Gasteiger partial charge in [-0.15, -0.1) is 0 Å². The van der Waals surface area contributed by atoms with Crippen molar-refractivity contribution >= 4 is 0 Å². The van der Waals surface area contributed by atoms with Crippen molar-refractivity contribution in [3.8, 4) is 5.75 Å². The molecule has 94 valence electrons. The highest BCUT2D eigenvalue weighted by atomic mass is 16.5. The van der Waals surface area contributed by atoms with E-state index in [1.54, 1.807) is 7.11 Å². The van der Waals surface area contributed by atoms with Crippen LogP contribution in [0, 0.1) is 6.92 Å². The van der Waals surface area contributed by atoms with Crippen molar-refractivity contribution in [2.24, 2.45) is 0 Å². The molecule has 1 fully saturated rings. The van der Waals surface area contributed by atoms with Gasteiger partial charge in [-0.2, -0.15) is 0 Å². The Hall–Kier alpha value is -1.06. The van der Waals surface area contributed by atoms with Gasteiger partial charge in [0.05, 0.1) is 19.8 Å². The second-order valence-corrected chi connectivity index (χ2v) is 4.73. The van der Waals surface area contributed by atoms with Gasteiger partial charge in [-0.05, 0) is 19.9 Å². The van der Waals surface area contributed by atoms with Crippen LogP contribution in [0.1, 0.15) is 18.1 Å². The molecule has 1 aliphatic heterocycles. The van der Waals surface area contributed by atoms with Crippen molar-refractivity contribution in [1.82, 2.24) is 4.90 Å². The van der Waals surface area contributed by atoms with Crippen molar-refractivity contribution in [3.05, 3.63) is 29.3 Å². The average molecular weight is 235 g/mol. The smallest absolute Gasteiger partial charge is 0.123 e. The zero-order chi connectivity index (χ0) is 12.3. The Bertz CT molecular complexity index is 378. The molecule has 1 aromatic carbocycles. The molecule has 0 N–H and O–H groups in total. The van der Waals surface area contributed by atoms with E-state index in [1.165, 1.54) is 11.1 Å². The van der Waals surface area contributed by atoms with Gasteiger partial charge in [-0.1, -0.05) is 17.7 Å². The van der Waals surface area contributed by atoms with Crippen molar-refractivity contribution < 1.29 is 9.47 Å². The zero-order valence-electron chi connectivity index (χ0n) is 10.9. The summed E-state index contributed by atoms with van der Waals surface area (Å²) in [6.07, 6.45) is 0.333. The van der Waals surface area contributed by atoms with Crippen LogP contribution in [0.25, 0.3) is 0 Å². The van der Waals surface area contributed by atoms with Crippen molar-refractivity contribution in [3.63, 3.8) is 0 Å². The second-order valence-electron chi connectivity index (χ2n) is 4.73. The number of hydrogen-bond acceptors (Lipinski definition) is 3. The Kier molecular flexibility index (Phi) is 4.02. The summed E-state index contributed by atoms with van der Waals surface area (Å²) in [5.41, 5.74) is 2.55. The third-order valence-electron chi connectivity index (χ3n) is 3.16. The van der Waals surface area contributed by atoms with E-state index in [0.29, 0.717) is 6.10 Å². The Morgan fingerprint density at radius 1 is 1.47 bits per heavy atom. The van der Waals surface area contributed by atoms with Crippen LogP contribution in [0.3, 0.4) is 0 Å². The van der Waals surface area contributed by atoms with Crippen LogP contribution in [-0.2, 0) is 11.3 Å². The molecule has 0 saturated carbocycles. The first kappa shape index (κ1) is 12.4. The van der Waals surface area contributed by atoms with E-state index in [-0.39, 0.29) is 0 Å². The first-order valence-corrected chi connectivity index (χ1v) is 6.16. The minimum Gasteiger partial charge on any atom is -0.496 e. The molecule has 0 aliphatic carbocycles. The molecule has 0 aromatic heterocycles. The quantitative estimate of drug-likeness (QED) is 0.802. The van der Waals surface area contributed by atoms with Crippen molar-refractivity contribution in [2.75, 3.05) is 26.8 Å². The van der Waals surface area contributed by atoms with Crippen LogP contribution in [0.2, 0.25) is 0 Å². The van der Waals surface area contributed by atoms with Crippen LogP contribution in [0.15, 0.2) is 18.2 Å². The van der Waals surface area contributed by atoms with Gasteiger partial charge in [0.25, 0.3) is 0 Å². The molecule has 0 spiro atoms. The Labute approximate surface area is 103 Å². The molecule has 2 rings (SSSR count). The molecule has 3 heteroatoms. The largest absolute Gasteiger partial charge is 0.496 e. The summed E-state index contributed by atoms with van der Waals surface area (Å²) in [6, 6.07) is 6.35. The van der Waals surface area contributed by atoms with Crippen molar-refractivity contribution in [1.29, 1.82) is 0 Å². The molecule has 1 aromatic rings. The molecule has 17 heavy (non-hydrogen) atoms.